The van der Waals surface area contributed by atoms with E-state index in [0.29, 0.717) is 8.19 Å². The molecule has 0 unspecified atom stereocenters. The van der Waals surface area contributed by atoms with Crippen molar-refractivity contribution in [1.29, 1.82) is 0 Å². The van der Waals surface area contributed by atoms with Gasteiger partial charge in [-0.25, -0.2) is 0 Å². The third-order valence-corrected chi connectivity index (χ3v) is 6.96. The van der Waals surface area contributed by atoms with Gasteiger partial charge in [-0.1, -0.05) is 5.57 Å². The Bertz CT molecular complexity index is 94.6. The van der Waals surface area contributed by atoms with E-state index in [0.717, 1.165) is 0 Å². The first-order valence-electron chi connectivity index (χ1n) is 2.95. The summed E-state index contributed by atoms with van der Waals surface area (Å²) in [5.74, 6) is 0. The van der Waals surface area contributed by atoms with Crippen LogP contribution in [0.15, 0.2) is 10.5 Å². The lowest BCUT2D eigenvalue weighted by molar-refractivity contribution is 1.35. The molecular weight excluding hydrogens is 148 g/mol. The summed E-state index contributed by atoms with van der Waals surface area (Å²) < 4.78 is 0. The molecule has 0 spiro atoms. The molecule has 0 N–H and O–H groups in total. The first-order valence-corrected chi connectivity index (χ1v) is 11.3. The van der Waals surface area contributed by atoms with Crippen molar-refractivity contribution in [2.75, 3.05) is 0 Å². The van der Waals surface area contributed by atoms with Crippen molar-refractivity contribution in [3.8, 4) is 0 Å². The summed E-state index contributed by atoms with van der Waals surface area (Å²) >= 11 is 2.12. The fourth-order valence-corrected chi connectivity index (χ4v) is 7.14. The lowest BCUT2D eigenvalue weighted by Crippen LogP contribution is -1.81. The summed E-state index contributed by atoms with van der Waals surface area (Å²) in [4.78, 5) is 1.56. The van der Waals surface area contributed by atoms with Crippen molar-refractivity contribution in [3.05, 3.63) is 10.5 Å². The van der Waals surface area contributed by atoms with Gasteiger partial charge in [0.25, 0.3) is 0 Å². The Morgan fingerprint density at radius 1 is 1.38 bits per heavy atom. The fourth-order valence-electron chi connectivity index (χ4n) is 0.361. The number of allylic oxidation sites excluding steroid dienone is 2. The van der Waals surface area contributed by atoms with E-state index in [1.165, 1.54) is 15.3 Å². The molecule has 0 aliphatic heterocycles. The Labute approximate surface area is 60.8 Å². The van der Waals surface area contributed by atoms with Crippen molar-refractivity contribution in [1.82, 2.24) is 0 Å². The molecule has 0 atom stereocenters. The molecular formula is C5H14SSi2. The first-order chi connectivity index (χ1) is 3.68. The molecule has 0 saturated heterocycles. The number of rotatable bonds is 2. The Balaban J connectivity index is 3.62. The van der Waals surface area contributed by atoms with Crippen LogP contribution in [0.25, 0.3) is 0 Å². The fraction of sp³-hybridized carbons (Fsp3) is 0.600. The summed E-state index contributed by atoms with van der Waals surface area (Å²) in [6, 6.07) is 0. The normalized spacial score (nSPS) is 10.9. The van der Waals surface area contributed by atoms with Crippen LogP contribution in [-0.4, -0.2) is 17.9 Å². The van der Waals surface area contributed by atoms with Gasteiger partial charge in [0.1, 0.15) is 0 Å². The van der Waals surface area contributed by atoms with E-state index in [1.54, 1.807) is 4.91 Å². The predicted octanol–water partition coefficient (Wildman–Crippen LogP) is 0.398. The number of hydrogen-bond donors (Lipinski definition) is 0. The molecule has 0 fully saturated rings. The predicted molar refractivity (Wildman–Crippen MR) is 50.1 cm³/mol. The van der Waals surface area contributed by atoms with E-state index in [1.807, 2.05) is 0 Å². The Morgan fingerprint density at radius 2 is 1.88 bits per heavy atom. The van der Waals surface area contributed by atoms with Crippen molar-refractivity contribution < 1.29 is 0 Å². The SMILES string of the molecule is CC(C)=C(C)S[SiH2][SiH3]. The maximum atomic E-state index is 2.23. The van der Waals surface area contributed by atoms with Crippen LogP contribution in [0.1, 0.15) is 20.8 Å². The van der Waals surface area contributed by atoms with E-state index in [9.17, 15) is 0 Å². The molecule has 3 heteroatoms. The summed E-state index contributed by atoms with van der Waals surface area (Å²) in [6.07, 6.45) is 0. The molecule has 0 nitrogen and oxygen atoms in total. The molecule has 8 heavy (non-hydrogen) atoms. The maximum Gasteiger partial charge on any atom is 0.0735 e. The van der Waals surface area contributed by atoms with Crippen LogP contribution < -0.4 is 0 Å². The average Bonchev–Trinajstić information content (AvgIpc) is 1.67. The van der Waals surface area contributed by atoms with Crippen LogP contribution in [0.5, 0.6) is 0 Å². The van der Waals surface area contributed by atoms with Gasteiger partial charge in [-0.2, -0.15) is 11.2 Å². The van der Waals surface area contributed by atoms with Crippen LogP contribution in [0, 0.1) is 0 Å². The van der Waals surface area contributed by atoms with E-state index in [2.05, 4.69) is 32.0 Å². The molecule has 0 aromatic rings. The molecule has 0 amide bonds. The van der Waals surface area contributed by atoms with Crippen molar-refractivity contribution in [2.24, 2.45) is 0 Å². The first kappa shape index (κ1) is 8.52. The zero-order valence-electron chi connectivity index (χ0n) is 6.12. The van der Waals surface area contributed by atoms with Gasteiger partial charge in [0.05, 0.1) is 8.19 Å². The molecule has 0 aromatic carbocycles. The highest BCUT2D eigenvalue weighted by molar-refractivity contribution is 8.28. The van der Waals surface area contributed by atoms with Crippen molar-refractivity contribution in [3.63, 3.8) is 0 Å². The van der Waals surface area contributed by atoms with Gasteiger partial charge >= 0.3 is 0 Å². The smallest absolute Gasteiger partial charge is 0.0735 e. The van der Waals surface area contributed by atoms with E-state index < -0.39 is 0 Å². The second-order valence-electron chi connectivity index (χ2n) is 1.99. The minimum absolute atomic E-state index is 0.321. The third-order valence-electron chi connectivity index (χ3n) is 1.06. The monoisotopic (exact) mass is 162 g/mol. The Kier molecular flexibility index (Phi) is 4.70. The number of hydrogen-bond acceptors (Lipinski definition) is 1. The molecule has 48 valence electrons. The minimum atomic E-state index is 0.321. The highest BCUT2D eigenvalue weighted by atomic mass is 32.4. The van der Waals surface area contributed by atoms with E-state index in [4.69, 9.17) is 0 Å². The summed E-state index contributed by atoms with van der Waals surface area (Å²) in [5, 5.41) is 0. The van der Waals surface area contributed by atoms with Crippen molar-refractivity contribution >= 4 is 29.2 Å². The molecule has 0 heterocycles. The van der Waals surface area contributed by atoms with Gasteiger partial charge in [-0.3, -0.25) is 0 Å². The van der Waals surface area contributed by atoms with Gasteiger partial charge in [-0.05, 0) is 25.7 Å². The Hall–Kier alpha value is 0.524. The van der Waals surface area contributed by atoms with Crippen LogP contribution in [-0.2, 0) is 0 Å². The third kappa shape index (κ3) is 3.52. The largest absolute Gasteiger partial charge is 0.168 e. The van der Waals surface area contributed by atoms with Gasteiger partial charge in [0, 0.05) is 9.76 Å². The van der Waals surface area contributed by atoms with Crippen LogP contribution in [0.3, 0.4) is 0 Å². The lowest BCUT2D eigenvalue weighted by atomic mass is 10.3. The van der Waals surface area contributed by atoms with Crippen molar-refractivity contribution in [2.45, 2.75) is 20.8 Å². The summed E-state index contributed by atoms with van der Waals surface area (Å²) in [7, 11) is 1.77. The maximum absolute atomic E-state index is 2.23. The van der Waals surface area contributed by atoms with Gasteiger partial charge < -0.3 is 0 Å². The van der Waals surface area contributed by atoms with Crippen LogP contribution in [0.2, 0.25) is 0 Å². The second kappa shape index (κ2) is 4.41. The molecule has 0 saturated carbocycles. The second-order valence-corrected chi connectivity index (χ2v) is 11.3. The zero-order chi connectivity index (χ0) is 6.57. The molecule has 0 rings (SSSR count). The zero-order valence-corrected chi connectivity index (χ0v) is 10.3. The quantitative estimate of drug-likeness (QED) is 0.530. The molecule has 0 radical (unpaired) electrons. The Morgan fingerprint density at radius 3 is 2.00 bits per heavy atom. The van der Waals surface area contributed by atoms with Crippen LogP contribution in [0.4, 0.5) is 0 Å². The standard InChI is InChI=1S/C5H14SSi2/c1-4(2)5(3)6-8-7/h8H2,1-3,7H3. The molecule has 0 aliphatic carbocycles. The lowest BCUT2D eigenvalue weighted by Gasteiger charge is -1.97. The van der Waals surface area contributed by atoms with Gasteiger partial charge in [0.2, 0.25) is 0 Å². The summed E-state index contributed by atoms with van der Waals surface area (Å²) in [5.41, 5.74) is 1.50. The molecule has 0 aliphatic rings. The van der Waals surface area contributed by atoms with Gasteiger partial charge in [0.15, 0.2) is 0 Å². The topological polar surface area (TPSA) is 0 Å². The van der Waals surface area contributed by atoms with E-state index in [-0.39, 0.29) is 0 Å². The minimum Gasteiger partial charge on any atom is -0.168 e. The molecule has 0 aromatic heterocycles. The van der Waals surface area contributed by atoms with Gasteiger partial charge in [-0.15, -0.1) is 0 Å². The summed E-state index contributed by atoms with van der Waals surface area (Å²) in [6.45, 7) is 6.60. The highest BCUT2D eigenvalue weighted by Gasteiger charge is 1.87. The molecule has 0 bridgehead atoms. The van der Waals surface area contributed by atoms with Crippen LogP contribution >= 0.6 is 11.2 Å². The average molecular weight is 162 g/mol. The highest BCUT2D eigenvalue weighted by Crippen LogP contribution is 2.14. The van der Waals surface area contributed by atoms with E-state index >= 15 is 0 Å².